The summed E-state index contributed by atoms with van der Waals surface area (Å²) in [6, 6.07) is 14.1. The number of carboxylic acid groups (broad SMARTS) is 1. The molecule has 1 atom stereocenters. The van der Waals surface area contributed by atoms with Gasteiger partial charge in [0.2, 0.25) is 0 Å². The summed E-state index contributed by atoms with van der Waals surface area (Å²) in [5.41, 5.74) is 4.16. The number of fused-ring (bicyclic) bond motifs is 1. The van der Waals surface area contributed by atoms with Gasteiger partial charge in [-0.25, -0.2) is 9.78 Å². The summed E-state index contributed by atoms with van der Waals surface area (Å²) in [7, 11) is -0.379. The Labute approximate surface area is 187 Å². The second kappa shape index (κ2) is 7.35. The van der Waals surface area contributed by atoms with Gasteiger partial charge in [0, 0.05) is 6.54 Å². The highest BCUT2D eigenvalue weighted by molar-refractivity contribution is 6.62. The Morgan fingerprint density at radius 2 is 1.75 bits per heavy atom. The van der Waals surface area contributed by atoms with E-state index in [0.29, 0.717) is 12.4 Å². The van der Waals surface area contributed by atoms with Crippen LogP contribution in [0.2, 0.25) is 0 Å². The van der Waals surface area contributed by atoms with Crippen molar-refractivity contribution in [2.75, 3.05) is 6.54 Å². The number of H-pyrrole nitrogens is 1. The van der Waals surface area contributed by atoms with E-state index in [1.165, 1.54) is 4.90 Å². The first-order valence-electron chi connectivity index (χ1n) is 11.1. The SMILES string of the molecule is CC1(C)OB(c2ccc(-c3ccc4nc(C5CCCN5C(=O)O)[nH]c4c3)cc2)OC1(C)C. The van der Waals surface area contributed by atoms with Crippen molar-refractivity contribution >= 4 is 29.7 Å². The standard InChI is InChI=1S/C24H28BN3O4/c1-23(2)24(3,4)32-25(31-23)17-10-7-15(8-11-17)16-9-12-18-19(14-16)27-21(26-18)20-6-5-13-28(20)22(29)30/h7-12,14,20H,5-6,13H2,1-4H3,(H,26,27)(H,29,30). The van der Waals surface area contributed by atoms with Gasteiger partial charge in [-0.05, 0) is 69.3 Å². The summed E-state index contributed by atoms with van der Waals surface area (Å²) < 4.78 is 12.3. The topological polar surface area (TPSA) is 87.7 Å². The van der Waals surface area contributed by atoms with Crippen LogP contribution in [0, 0.1) is 0 Å². The van der Waals surface area contributed by atoms with Crippen LogP contribution in [0.25, 0.3) is 22.2 Å². The van der Waals surface area contributed by atoms with Crippen molar-refractivity contribution in [1.29, 1.82) is 0 Å². The molecule has 2 fully saturated rings. The predicted octanol–water partition coefficient (Wildman–Crippen LogP) is 4.34. The Bertz CT molecular complexity index is 1160. The molecule has 2 aliphatic rings. The fraction of sp³-hybridized carbons (Fsp3) is 0.417. The van der Waals surface area contributed by atoms with E-state index in [1.54, 1.807) is 0 Å². The van der Waals surface area contributed by atoms with Crippen LogP contribution >= 0.6 is 0 Å². The van der Waals surface area contributed by atoms with Crippen LogP contribution < -0.4 is 5.46 Å². The molecule has 7 nitrogen and oxygen atoms in total. The van der Waals surface area contributed by atoms with Gasteiger partial charge < -0.3 is 19.4 Å². The van der Waals surface area contributed by atoms with Gasteiger partial charge in [0.15, 0.2) is 0 Å². The summed E-state index contributed by atoms with van der Waals surface area (Å²) in [6.45, 7) is 8.76. The number of hydrogen-bond acceptors (Lipinski definition) is 4. The van der Waals surface area contributed by atoms with Gasteiger partial charge in [0.05, 0.1) is 28.3 Å². The maximum absolute atomic E-state index is 11.5. The lowest BCUT2D eigenvalue weighted by atomic mass is 9.78. The van der Waals surface area contributed by atoms with Gasteiger partial charge >= 0.3 is 13.2 Å². The molecule has 32 heavy (non-hydrogen) atoms. The van der Waals surface area contributed by atoms with Crippen molar-refractivity contribution < 1.29 is 19.2 Å². The lowest BCUT2D eigenvalue weighted by molar-refractivity contribution is 0.00578. The van der Waals surface area contributed by atoms with E-state index in [2.05, 4.69) is 55.9 Å². The van der Waals surface area contributed by atoms with Crippen LogP contribution in [0.1, 0.15) is 52.4 Å². The van der Waals surface area contributed by atoms with Crippen LogP contribution in [-0.2, 0) is 9.31 Å². The maximum atomic E-state index is 11.5. The van der Waals surface area contributed by atoms with E-state index in [4.69, 9.17) is 9.31 Å². The summed E-state index contributed by atoms with van der Waals surface area (Å²) in [5.74, 6) is 0.716. The fourth-order valence-corrected chi connectivity index (χ4v) is 4.46. The number of nitrogens with zero attached hydrogens (tertiary/aromatic N) is 2. The quantitative estimate of drug-likeness (QED) is 0.600. The lowest BCUT2D eigenvalue weighted by Gasteiger charge is -2.32. The number of benzene rings is 2. The average Bonchev–Trinajstić information content (AvgIpc) is 3.43. The Balaban J connectivity index is 1.39. The zero-order valence-electron chi connectivity index (χ0n) is 18.9. The predicted molar refractivity (Wildman–Crippen MR) is 124 cm³/mol. The third kappa shape index (κ3) is 3.47. The van der Waals surface area contributed by atoms with E-state index in [9.17, 15) is 9.90 Å². The van der Waals surface area contributed by atoms with E-state index in [0.717, 1.165) is 40.5 Å². The second-order valence-corrected chi connectivity index (χ2v) is 9.70. The first-order valence-corrected chi connectivity index (χ1v) is 11.1. The Morgan fingerprint density at radius 3 is 2.41 bits per heavy atom. The third-order valence-corrected chi connectivity index (χ3v) is 7.08. The van der Waals surface area contributed by atoms with Gasteiger partial charge in [-0.15, -0.1) is 0 Å². The fourth-order valence-electron chi connectivity index (χ4n) is 4.46. The van der Waals surface area contributed by atoms with E-state index < -0.39 is 6.09 Å². The van der Waals surface area contributed by atoms with Crippen LogP contribution in [0.5, 0.6) is 0 Å². The minimum Gasteiger partial charge on any atom is -0.465 e. The zero-order chi connectivity index (χ0) is 22.7. The van der Waals surface area contributed by atoms with E-state index in [-0.39, 0.29) is 24.4 Å². The largest absolute Gasteiger partial charge is 0.494 e. The van der Waals surface area contributed by atoms with Crippen molar-refractivity contribution in [2.45, 2.75) is 57.8 Å². The molecular weight excluding hydrogens is 405 g/mol. The van der Waals surface area contributed by atoms with Gasteiger partial charge in [-0.3, -0.25) is 4.90 Å². The summed E-state index contributed by atoms with van der Waals surface area (Å²) in [4.78, 5) is 21.0. The van der Waals surface area contributed by atoms with Crippen LogP contribution in [0.4, 0.5) is 4.79 Å². The van der Waals surface area contributed by atoms with Crippen LogP contribution in [0.15, 0.2) is 42.5 Å². The van der Waals surface area contributed by atoms with Crippen molar-refractivity contribution in [3.05, 3.63) is 48.3 Å². The molecule has 2 aliphatic heterocycles. The molecule has 0 radical (unpaired) electrons. The normalized spacial score (nSPS) is 22.1. The van der Waals surface area contributed by atoms with Crippen LogP contribution in [0.3, 0.4) is 0 Å². The Hall–Kier alpha value is -2.84. The van der Waals surface area contributed by atoms with E-state index >= 15 is 0 Å². The molecule has 2 saturated heterocycles. The van der Waals surface area contributed by atoms with Gasteiger partial charge in [0.25, 0.3) is 0 Å². The molecule has 0 saturated carbocycles. The average molecular weight is 433 g/mol. The van der Waals surface area contributed by atoms with Crippen molar-refractivity contribution in [1.82, 2.24) is 14.9 Å². The molecule has 0 bridgehead atoms. The maximum Gasteiger partial charge on any atom is 0.494 e. The zero-order valence-corrected chi connectivity index (χ0v) is 18.9. The molecule has 166 valence electrons. The van der Waals surface area contributed by atoms with Crippen molar-refractivity contribution in [2.24, 2.45) is 0 Å². The number of imidazole rings is 1. The number of aromatic amines is 1. The summed E-state index contributed by atoms with van der Waals surface area (Å²) in [5, 5.41) is 9.44. The highest BCUT2D eigenvalue weighted by atomic mass is 16.7. The third-order valence-electron chi connectivity index (χ3n) is 7.08. The van der Waals surface area contributed by atoms with Gasteiger partial charge in [-0.1, -0.05) is 30.3 Å². The lowest BCUT2D eigenvalue weighted by Crippen LogP contribution is -2.41. The molecule has 0 aliphatic carbocycles. The van der Waals surface area contributed by atoms with E-state index in [1.807, 2.05) is 24.3 Å². The number of carbonyl (C=O) groups is 1. The Kier molecular flexibility index (Phi) is 4.83. The number of hydrogen-bond donors (Lipinski definition) is 2. The smallest absolute Gasteiger partial charge is 0.465 e. The Morgan fingerprint density at radius 1 is 1.09 bits per heavy atom. The summed E-state index contributed by atoms with van der Waals surface area (Å²) >= 11 is 0. The highest BCUT2D eigenvalue weighted by Crippen LogP contribution is 2.37. The monoisotopic (exact) mass is 433 g/mol. The molecule has 1 unspecified atom stereocenters. The molecule has 5 rings (SSSR count). The summed E-state index contributed by atoms with van der Waals surface area (Å²) in [6.07, 6.45) is 0.754. The van der Waals surface area contributed by atoms with Crippen molar-refractivity contribution in [3.63, 3.8) is 0 Å². The number of amides is 1. The minimum atomic E-state index is -0.893. The molecule has 2 aromatic carbocycles. The molecule has 1 amide bonds. The highest BCUT2D eigenvalue weighted by Gasteiger charge is 2.51. The number of likely N-dealkylation sites (tertiary alicyclic amines) is 1. The molecule has 1 aromatic heterocycles. The first kappa shape index (κ1) is 21.0. The molecule has 3 heterocycles. The minimum absolute atomic E-state index is 0.206. The number of nitrogens with one attached hydrogen (secondary N) is 1. The van der Waals surface area contributed by atoms with Gasteiger partial charge in [-0.2, -0.15) is 0 Å². The number of aromatic nitrogens is 2. The molecule has 0 spiro atoms. The first-order chi connectivity index (χ1) is 15.1. The molecular formula is C24H28BN3O4. The molecule has 8 heteroatoms. The number of rotatable bonds is 3. The van der Waals surface area contributed by atoms with Gasteiger partial charge in [0.1, 0.15) is 5.82 Å². The van der Waals surface area contributed by atoms with Crippen molar-refractivity contribution in [3.8, 4) is 11.1 Å². The molecule has 3 aromatic rings. The molecule has 2 N–H and O–H groups in total. The second-order valence-electron chi connectivity index (χ2n) is 9.70. The van der Waals surface area contributed by atoms with Crippen LogP contribution in [-0.4, -0.2) is 50.9 Å².